The number of hydrogen-bond acceptors (Lipinski definition) is 4. The number of nitrogens with one attached hydrogen (secondary N) is 1. The Morgan fingerprint density at radius 2 is 2.09 bits per heavy atom. The number of ether oxygens (including phenoxy) is 1. The first-order valence-corrected chi connectivity index (χ1v) is 7.61. The maximum absolute atomic E-state index is 12.3. The first kappa shape index (κ1) is 15.1. The van der Waals surface area contributed by atoms with Crippen LogP contribution in [-0.2, 0) is 13.5 Å². The summed E-state index contributed by atoms with van der Waals surface area (Å²) in [5.41, 5.74) is 2.05. The number of halogens is 1. The third-order valence-corrected chi connectivity index (χ3v) is 4.31. The number of carbonyl (C=O) groups excluding carboxylic acids is 1. The van der Waals surface area contributed by atoms with Gasteiger partial charge in [-0.3, -0.25) is 9.48 Å². The summed E-state index contributed by atoms with van der Waals surface area (Å²) < 4.78 is 7.37. The summed E-state index contributed by atoms with van der Waals surface area (Å²) in [4.78, 5) is 12.3. The lowest BCUT2D eigenvalue weighted by atomic mass is 10.1. The maximum Gasteiger partial charge on any atom is 0.188 e. The van der Waals surface area contributed by atoms with Gasteiger partial charge in [-0.05, 0) is 24.6 Å². The van der Waals surface area contributed by atoms with E-state index in [1.54, 1.807) is 11.7 Å². The highest BCUT2D eigenvalue weighted by atomic mass is 35.5. The van der Waals surface area contributed by atoms with Gasteiger partial charge in [0.1, 0.15) is 17.5 Å². The highest BCUT2D eigenvalue weighted by molar-refractivity contribution is 6.34. The van der Waals surface area contributed by atoms with E-state index in [4.69, 9.17) is 16.3 Å². The monoisotopic (exact) mass is 319 g/mol. The Hall–Kier alpha value is -1.85. The average Bonchev–Trinajstić information content (AvgIpc) is 2.72. The molecule has 0 spiro atoms. The van der Waals surface area contributed by atoms with Crippen LogP contribution in [0.25, 0.3) is 0 Å². The van der Waals surface area contributed by atoms with Crippen LogP contribution < -0.4 is 10.1 Å². The van der Waals surface area contributed by atoms with Crippen molar-refractivity contribution in [3.8, 4) is 5.75 Å². The number of aromatic nitrogens is 2. The Morgan fingerprint density at radius 1 is 1.41 bits per heavy atom. The lowest BCUT2D eigenvalue weighted by Crippen LogP contribution is -2.50. The summed E-state index contributed by atoms with van der Waals surface area (Å²) in [6.45, 7) is 3.61. The Bertz CT molecular complexity index is 690. The smallest absolute Gasteiger partial charge is 0.188 e. The van der Waals surface area contributed by atoms with Gasteiger partial charge < -0.3 is 10.1 Å². The van der Waals surface area contributed by atoms with Crippen LogP contribution in [-0.4, -0.2) is 34.8 Å². The molecular weight excluding hydrogens is 302 g/mol. The Balaban J connectivity index is 1.66. The molecule has 1 aliphatic heterocycles. The van der Waals surface area contributed by atoms with Crippen LogP contribution in [0.15, 0.2) is 24.3 Å². The van der Waals surface area contributed by atoms with Crippen molar-refractivity contribution in [1.29, 1.82) is 0 Å². The molecule has 0 saturated carbocycles. The van der Waals surface area contributed by atoms with Gasteiger partial charge in [0, 0.05) is 26.6 Å². The molecule has 0 unspecified atom stereocenters. The molecule has 5 nitrogen and oxygen atoms in total. The minimum absolute atomic E-state index is 0.0782. The van der Waals surface area contributed by atoms with Crippen LogP contribution in [0.5, 0.6) is 5.75 Å². The zero-order valence-corrected chi connectivity index (χ0v) is 13.4. The molecule has 0 bridgehead atoms. The van der Waals surface area contributed by atoms with Crippen molar-refractivity contribution in [3.63, 3.8) is 0 Å². The number of rotatable bonds is 5. The van der Waals surface area contributed by atoms with E-state index < -0.39 is 0 Å². The topological polar surface area (TPSA) is 56.1 Å². The van der Waals surface area contributed by atoms with E-state index in [2.05, 4.69) is 10.4 Å². The molecular formula is C16H18ClN3O2. The van der Waals surface area contributed by atoms with Crippen molar-refractivity contribution in [3.05, 3.63) is 46.2 Å². The average molecular weight is 320 g/mol. The fourth-order valence-electron chi connectivity index (χ4n) is 2.25. The highest BCUT2D eigenvalue weighted by Gasteiger charge is 2.19. The SMILES string of the molecule is Cc1c(Cl)c(C(=O)Cc2ccc(OC3CNC3)cc2)nn1C. The maximum atomic E-state index is 12.3. The van der Waals surface area contributed by atoms with Crippen molar-refractivity contribution in [1.82, 2.24) is 15.1 Å². The van der Waals surface area contributed by atoms with Gasteiger partial charge in [-0.25, -0.2) is 0 Å². The molecule has 0 amide bonds. The normalized spacial score (nSPS) is 14.7. The van der Waals surface area contributed by atoms with Gasteiger partial charge in [0.05, 0.1) is 10.7 Å². The van der Waals surface area contributed by atoms with E-state index in [1.807, 2.05) is 31.2 Å². The van der Waals surface area contributed by atoms with E-state index in [-0.39, 0.29) is 18.3 Å². The van der Waals surface area contributed by atoms with Gasteiger partial charge in [0.25, 0.3) is 0 Å². The van der Waals surface area contributed by atoms with Crippen molar-refractivity contribution in [2.75, 3.05) is 13.1 Å². The molecule has 1 aromatic heterocycles. The lowest BCUT2D eigenvalue weighted by Gasteiger charge is -2.27. The second kappa shape index (κ2) is 6.10. The number of hydrogen-bond donors (Lipinski definition) is 1. The summed E-state index contributed by atoms with van der Waals surface area (Å²) in [7, 11) is 1.78. The molecule has 116 valence electrons. The number of aryl methyl sites for hydroxylation is 1. The summed E-state index contributed by atoms with van der Waals surface area (Å²) in [6, 6.07) is 7.60. The Labute approximate surface area is 134 Å². The molecule has 3 rings (SSSR count). The molecule has 1 fully saturated rings. The van der Waals surface area contributed by atoms with E-state index in [1.165, 1.54) is 0 Å². The van der Waals surface area contributed by atoms with Crippen LogP contribution in [0.3, 0.4) is 0 Å². The molecule has 1 N–H and O–H groups in total. The van der Waals surface area contributed by atoms with Gasteiger partial charge in [-0.2, -0.15) is 5.10 Å². The molecule has 2 aromatic rings. The summed E-state index contributed by atoms with van der Waals surface area (Å²) >= 11 is 6.15. The van der Waals surface area contributed by atoms with E-state index in [0.717, 1.165) is 30.1 Å². The molecule has 1 saturated heterocycles. The molecule has 0 atom stereocenters. The number of ketones is 1. The van der Waals surface area contributed by atoms with Crippen molar-refractivity contribution < 1.29 is 9.53 Å². The van der Waals surface area contributed by atoms with Gasteiger partial charge in [0.2, 0.25) is 0 Å². The number of nitrogens with zero attached hydrogens (tertiary/aromatic N) is 2. The minimum atomic E-state index is -0.0782. The zero-order chi connectivity index (χ0) is 15.7. The summed E-state index contributed by atoms with van der Waals surface area (Å²) in [5, 5.41) is 7.78. The quantitative estimate of drug-likeness (QED) is 0.858. The van der Waals surface area contributed by atoms with Crippen LogP contribution in [0.1, 0.15) is 21.7 Å². The Kier molecular flexibility index (Phi) is 4.18. The third kappa shape index (κ3) is 3.00. The molecule has 0 radical (unpaired) electrons. The van der Waals surface area contributed by atoms with Crippen LogP contribution in [0, 0.1) is 6.92 Å². The first-order chi connectivity index (χ1) is 10.5. The highest BCUT2D eigenvalue weighted by Crippen LogP contribution is 2.22. The predicted molar refractivity (Wildman–Crippen MR) is 84.7 cm³/mol. The van der Waals surface area contributed by atoms with Crippen molar-refractivity contribution >= 4 is 17.4 Å². The molecule has 2 heterocycles. The predicted octanol–water partition coefficient (Wildman–Crippen LogP) is 2.16. The summed E-state index contributed by atoms with van der Waals surface area (Å²) in [5.74, 6) is 0.750. The standard InChI is InChI=1S/C16H18ClN3O2/c1-10-15(17)16(19-20(10)2)14(21)7-11-3-5-12(6-4-11)22-13-8-18-9-13/h3-6,13,18H,7-9H2,1-2H3. The van der Waals surface area contributed by atoms with E-state index in [9.17, 15) is 4.79 Å². The molecule has 22 heavy (non-hydrogen) atoms. The van der Waals surface area contributed by atoms with Gasteiger partial charge in [-0.15, -0.1) is 0 Å². The second-order valence-corrected chi connectivity index (χ2v) is 5.89. The van der Waals surface area contributed by atoms with Gasteiger partial charge in [-0.1, -0.05) is 23.7 Å². The molecule has 1 aliphatic rings. The fraction of sp³-hybridized carbons (Fsp3) is 0.375. The Morgan fingerprint density at radius 3 is 2.59 bits per heavy atom. The number of Topliss-reactive ketones (excluding diaryl/α,β-unsaturated/α-hetero) is 1. The van der Waals surface area contributed by atoms with E-state index in [0.29, 0.717) is 10.7 Å². The van der Waals surface area contributed by atoms with Crippen LogP contribution in [0.2, 0.25) is 5.02 Å². The molecule has 6 heteroatoms. The van der Waals surface area contributed by atoms with Crippen LogP contribution >= 0.6 is 11.6 Å². The van der Waals surface area contributed by atoms with Gasteiger partial charge in [0.15, 0.2) is 5.78 Å². The minimum Gasteiger partial charge on any atom is -0.488 e. The lowest BCUT2D eigenvalue weighted by molar-refractivity contribution is 0.0987. The van der Waals surface area contributed by atoms with E-state index >= 15 is 0 Å². The number of carbonyl (C=O) groups is 1. The fourth-order valence-corrected chi connectivity index (χ4v) is 2.52. The van der Waals surface area contributed by atoms with Crippen molar-refractivity contribution in [2.24, 2.45) is 7.05 Å². The number of benzene rings is 1. The first-order valence-electron chi connectivity index (χ1n) is 7.23. The van der Waals surface area contributed by atoms with Crippen LogP contribution in [0.4, 0.5) is 0 Å². The third-order valence-electron chi connectivity index (χ3n) is 3.86. The second-order valence-electron chi connectivity index (χ2n) is 5.51. The molecule has 1 aromatic carbocycles. The van der Waals surface area contributed by atoms with Gasteiger partial charge >= 0.3 is 0 Å². The largest absolute Gasteiger partial charge is 0.488 e. The zero-order valence-electron chi connectivity index (χ0n) is 12.6. The van der Waals surface area contributed by atoms with Crippen molar-refractivity contribution in [2.45, 2.75) is 19.4 Å². The molecule has 0 aliphatic carbocycles. The summed E-state index contributed by atoms with van der Waals surface area (Å²) in [6.07, 6.45) is 0.532.